The molecular formula is C18H17N3OS. The number of hydrogen-bond acceptors (Lipinski definition) is 4. The third-order valence-corrected chi connectivity index (χ3v) is 4.46. The number of thiazole rings is 1. The maximum Gasteiger partial charge on any atom is 0.259 e. The summed E-state index contributed by atoms with van der Waals surface area (Å²) in [5, 5.41) is 5.36. The number of nitrogens with zero attached hydrogens (tertiary/aromatic N) is 2. The molecule has 0 fully saturated rings. The number of aromatic nitrogens is 2. The predicted molar refractivity (Wildman–Crippen MR) is 94.0 cm³/mol. The van der Waals surface area contributed by atoms with Crippen molar-refractivity contribution in [3.05, 3.63) is 64.3 Å². The van der Waals surface area contributed by atoms with Crippen LogP contribution in [-0.2, 0) is 0 Å². The van der Waals surface area contributed by atoms with Gasteiger partial charge in [0.25, 0.3) is 5.91 Å². The van der Waals surface area contributed by atoms with Crippen LogP contribution in [0.4, 0.5) is 5.13 Å². The van der Waals surface area contributed by atoms with Crippen LogP contribution in [0, 0.1) is 20.8 Å². The first-order valence-electron chi connectivity index (χ1n) is 7.30. The average Bonchev–Trinajstić information content (AvgIpc) is 2.99. The summed E-state index contributed by atoms with van der Waals surface area (Å²) < 4.78 is 0. The lowest BCUT2D eigenvalue weighted by atomic mass is 10.1. The van der Waals surface area contributed by atoms with E-state index in [9.17, 15) is 4.79 Å². The Morgan fingerprint density at radius 3 is 2.61 bits per heavy atom. The van der Waals surface area contributed by atoms with Crippen molar-refractivity contribution in [3.8, 4) is 11.3 Å². The molecule has 23 heavy (non-hydrogen) atoms. The van der Waals surface area contributed by atoms with Gasteiger partial charge in [-0.05, 0) is 50.1 Å². The molecule has 5 heteroatoms. The van der Waals surface area contributed by atoms with Gasteiger partial charge < -0.3 is 0 Å². The van der Waals surface area contributed by atoms with Crippen molar-refractivity contribution in [1.29, 1.82) is 0 Å². The molecule has 1 aromatic carbocycles. The van der Waals surface area contributed by atoms with Gasteiger partial charge in [0, 0.05) is 22.8 Å². The standard InChI is InChI=1S/C18H17N3OS/c1-11-4-6-14(8-12(11)2)16-10-23-18(20-16)21-17(22)15-7-5-13(3)19-9-15/h4-10H,1-3H3,(H,20,21,22). The average molecular weight is 323 g/mol. The highest BCUT2D eigenvalue weighted by atomic mass is 32.1. The quantitative estimate of drug-likeness (QED) is 0.778. The second kappa shape index (κ2) is 6.30. The van der Waals surface area contributed by atoms with Gasteiger partial charge in [0.15, 0.2) is 5.13 Å². The molecule has 0 aliphatic carbocycles. The third-order valence-electron chi connectivity index (χ3n) is 3.70. The number of pyridine rings is 1. The van der Waals surface area contributed by atoms with Crippen molar-refractivity contribution in [3.63, 3.8) is 0 Å². The van der Waals surface area contributed by atoms with Gasteiger partial charge in [-0.2, -0.15) is 0 Å². The molecule has 3 aromatic rings. The number of carbonyl (C=O) groups excluding carboxylic acids is 1. The molecule has 0 aliphatic rings. The molecule has 1 N–H and O–H groups in total. The van der Waals surface area contributed by atoms with Gasteiger partial charge in [0.05, 0.1) is 11.3 Å². The van der Waals surface area contributed by atoms with Crippen LogP contribution in [0.5, 0.6) is 0 Å². The molecule has 2 aromatic heterocycles. The van der Waals surface area contributed by atoms with Crippen molar-refractivity contribution in [2.24, 2.45) is 0 Å². The molecule has 2 heterocycles. The van der Waals surface area contributed by atoms with Gasteiger partial charge in [-0.1, -0.05) is 12.1 Å². The number of amides is 1. The normalized spacial score (nSPS) is 10.6. The summed E-state index contributed by atoms with van der Waals surface area (Å²) in [6, 6.07) is 9.82. The lowest BCUT2D eigenvalue weighted by Gasteiger charge is -2.03. The zero-order chi connectivity index (χ0) is 16.4. The van der Waals surface area contributed by atoms with Crippen LogP contribution in [0.3, 0.4) is 0 Å². The Morgan fingerprint density at radius 1 is 1.09 bits per heavy atom. The summed E-state index contributed by atoms with van der Waals surface area (Å²) in [6.45, 7) is 6.05. The van der Waals surface area contributed by atoms with Gasteiger partial charge in [-0.25, -0.2) is 4.98 Å². The molecule has 0 saturated carbocycles. The SMILES string of the molecule is Cc1ccc(C(=O)Nc2nc(-c3ccc(C)c(C)c3)cs2)cn1. The number of nitrogens with one attached hydrogen (secondary N) is 1. The molecule has 0 bridgehead atoms. The summed E-state index contributed by atoms with van der Waals surface area (Å²) >= 11 is 1.42. The van der Waals surface area contributed by atoms with Gasteiger partial charge in [-0.15, -0.1) is 11.3 Å². The maximum absolute atomic E-state index is 12.2. The second-order valence-electron chi connectivity index (χ2n) is 5.48. The van der Waals surface area contributed by atoms with Crippen molar-refractivity contribution < 1.29 is 4.79 Å². The highest BCUT2D eigenvalue weighted by molar-refractivity contribution is 7.14. The Balaban J connectivity index is 1.77. The molecule has 1 amide bonds. The van der Waals surface area contributed by atoms with Crippen LogP contribution in [0.25, 0.3) is 11.3 Å². The molecule has 0 radical (unpaired) electrons. The van der Waals surface area contributed by atoms with Gasteiger partial charge >= 0.3 is 0 Å². The van der Waals surface area contributed by atoms with Crippen molar-refractivity contribution in [1.82, 2.24) is 9.97 Å². The van der Waals surface area contributed by atoms with E-state index >= 15 is 0 Å². The lowest BCUT2D eigenvalue weighted by molar-refractivity contribution is 0.102. The van der Waals surface area contributed by atoms with Gasteiger partial charge in [0.1, 0.15) is 0 Å². The fraction of sp³-hybridized carbons (Fsp3) is 0.167. The third kappa shape index (κ3) is 3.46. The molecule has 116 valence electrons. The second-order valence-corrected chi connectivity index (χ2v) is 6.34. The summed E-state index contributed by atoms with van der Waals surface area (Å²) in [5.74, 6) is -0.196. The Labute approximate surface area is 139 Å². The van der Waals surface area contributed by atoms with Crippen LogP contribution >= 0.6 is 11.3 Å². The smallest absolute Gasteiger partial charge is 0.259 e. The van der Waals surface area contributed by atoms with E-state index in [1.165, 1.54) is 22.5 Å². The maximum atomic E-state index is 12.2. The summed E-state index contributed by atoms with van der Waals surface area (Å²) in [4.78, 5) is 20.8. The minimum atomic E-state index is -0.196. The summed E-state index contributed by atoms with van der Waals surface area (Å²) in [7, 11) is 0. The Kier molecular flexibility index (Phi) is 4.21. The minimum Gasteiger partial charge on any atom is -0.298 e. The number of benzene rings is 1. The Hall–Kier alpha value is -2.53. The Bertz CT molecular complexity index is 853. The van der Waals surface area contributed by atoms with Gasteiger partial charge in [-0.3, -0.25) is 15.1 Å². The highest BCUT2D eigenvalue weighted by Gasteiger charge is 2.10. The predicted octanol–water partition coefficient (Wildman–Crippen LogP) is 4.38. The molecule has 3 rings (SSSR count). The van der Waals surface area contributed by atoms with Crippen molar-refractivity contribution in [2.75, 3.05) is 5.32 Å². The molecule has 0 unspecified atom stereocenters. The fourth-order valence-electron chi connectivity index (χ4n) is 2.14. The number of hydrogen-bond donors (Lipinski definition) is 1. The van der Waals surface area contributed by atoms with Crippen LogP contribution in [0.2, 0.25) is 0 Å². The first-order chi connectivity index (χ1) is 11.0. The van der Waals surface area contributed by atoms with Crippen LogP contribution in [-0.4, -0.2) is 15.9 Å². The van der Waals surface area contributed by atoms with E-state index < -0.39 is 0 Å². The molecular weight excluding hydrogens is 306 g/mol. The van der Waals surface area contributed by atoms with E-state index in [1.807, 2.05) is 24.4 Å². The van der Waals surface area contributed by atoms with E-state index in [2.05, 4.69) is 41.3 Å². The first kappa shape index (κ1) is 15.4. The van der Waals surface area contributed by atoms with E-state index in [0.29, 0.717) is 10.7 Å². The Morgan fingerprint density at radius 2 is 1.91 bits per heavy atom. The number of carbonyl (C=O) groups is 1. The van der Waals surface area contributed by atoms with E-state index in [4.69, 9.17) is 0 Å². The number of anilines is 1. The molecule has 0 atom stereocenters. The lowest BCUT2D eigenvalue weighted by Crippen LogP contribution is -2.12. The fourth-order valence-corrected chi connectivity index (χ4v) is 2.85. The summed E-state index contributed by atoms with van der Waals surface area (Å²) in [6.07, 6.45) is 1.57. The van der Waals surface area contributed by atoms with E-state index in [0.717, 1.165) is 17.0 Å². The zero-order valence-electron chi connectivity index (χ0n) is 13.3. The molecule has 0 spiro atoms. The van der Waals surface area contributed by atoms with Crippen LogP contribution in [0.15, 0.2) is 41.9 Å². The number of rotatable bonds is 3. The van der Waals surface area contributed by atoms with Gasteiger partial charge in [0.2, 0.25) is 0 Å². The molecule has 0 saturated heterocycles. The highest BCUT2D eigenvalue weighted by Crippen LogP contribution is 2.26. The van der Waals surface area contributed by atoms with Crippen molar-refractivity contribution in [2.45, 2.75) is 20.8 Å². The monoisotopic (exact) mass is 323 g/mol. The largest absolute Gasteiger partial charge is 0.298 e. The minimum absolute atomic E-state index is 0.196. The number of aryl methyl sites for hydroxylation is 3. The summed E-state index contributed by atoms with van der Waals surface area (Å²) in [5.41, 5.74) is 5.82. The molecule has 4 nitrogen and oxygen atoms in total. The topological polar surface area (TPSA) is 54.9 Å². The van der Waals surface area contributed by atoms with Crippen molar-refractivity contribution >= 4 is 22.4 Å². The zero-order valence-corrected chi connectivity index (χ0v) is 14.1. The first-order valence-corrected chi connectivity index (χ1v) is 8.18. The molecule has 0 aliphatic heterocycles. The van der Waals surface area contributed by atoms with E-state index in [1.54, 1.807) is 12.3 Å². The van der Waals surface area contributed by atoms with Crippen LogP contribution in [0.1, 0.15) is 27.2 Å². The van der Waals surface area contributed by atoms with E-state index in [-0.39, 0.29) is 5.91 Å². The van der Waals surface area contributed by atoms with Crippen LogP contribution < -0.4 is 5.32 Å².